The van der Waals surface area contributed by atoms with Crippen LogP contribution in [0.5, 0.6) is 5.75 Å². The van der Waals surface area contributed by atoms with E-state index in [1.54, 1.807) is 19.1 Å². The minimum Gasteiger partial charge on any atom is -0.459 e. The predicted molar refractivity (Wildman–Crippen MR) is 107 cm³/mol. The second-order valence-corrected chi connectivity index (χ2v) is 7.71. The van der Waals surface area contributed by atoms with E-state index in [0.29, 0.717) is 18.8 Å². The number of β-amino-alcohol motifs (C(OH)–C–C–N with tert-alkyl or cyclic N) is 1. The van der Waals surface area contributed by atoms with Gasteiger partial charge in [0.25, 0.3) is 0 Å². The molecule has 1 atom stereocenters. The maximum Gasteiger partial charge on any atom is 0.218 e. The van der Waals surface area contributed by atoms with E-state index < -0.39 is 5.79 Å². The zero-order valence-electron chi connectivity index (χ0n) is 15.6. The minimum atomic E-state index is -1.35. The van der Waals surface area contributed by atoms with E-state index in [0.717, 1.165) is 46.0 Å². The van der Waals surface area contributed by atoms with Crippen LogP contribution in [0.3, 0.4) is 0 Å². The predicted octanol–water partition coefficient (Wildman–Crippen LogP) is 3.93. The molecule has 0 bridgehead atoms. The van der Waals surface area contributed by atoms with Gasteiger partial charge in [0.05, 0.1) is 12.1 Å². The van der Waals surface area contributed by atoms with Crippen LogP contribution in [-0.4, -0.2) is 38.9 Å². The van der Waals surface area contributed by atoms with E-state index in [4.69, 9.17) is 4.74 Å². The molecule has 1 unspecified atom stereocenters. The van der Waals surface area contributed by atoms with Gasteiger partial charge in [0, 0.05) is 54.6 Å². The summed E-state index contributed by atoms with van der Waals surface area (Å²) in [6.07, 6.45) is 2.68. The molecule has 0 saturated heterocycles. The maximum absolute atomic E-state index is 13.7. The monoisotopic (exact) mass is 379 g/mol. The Balaban J connectivity index is 1.37. The summed E-state index contributed by atoms with van der Waals surface area (Å²) in [5.41, 5.74) is 4.07. The van der Waals surface area contributed by atoms with Gasteiger partial charge in [-0.1, -0.05) is 12.1 Å². The zero-order chi connectivity index (χ0) is 19.3. The number of H-pyrrole nitrogens is 2. The topological polar surface area (TPSA) is 64.3 Å². The molecule has 0 fully saturated rings. The van der Waals surface area contributed by atoms with Crippen molar-refractivity contribution in [2.45, 2.75) is 25.7 Å². The summed E-state index contributed by atoms with van der Waals surface area (Å²) in [6, 6.07) is 12.6. The third-order valence-corrected chi connectivity index (χ3v) is 5.41. The molecule has 5 nitrogen and oxygen atoms in total. The van der Waals surface area contributed by atoms with Crippen molar-refractivity contribution in [2.24, 2.45) is 0 Å². The number of nitrogens with one attached hydrogen (secondary N) is 2. The molecule has 1 aliphatic rings. The van der Waals surface area contributed by atoms with E-state index in [9.17, 15) is 9.50 Å². The Bertz CT molecular complexity index is 1160. The molecule has 5 rings (SSSR count). The molecule has 0 spiro atoms. The second kappa shape index (κ2) is 6.36. The van der Waals surface area contributed by atoms with Crippen molar-refractivity contribution in [1.29, 1.82) is 0 Å². The summed E-state index contributed by atoms with van der Waals surface area (Å²) in [4.78, 5) is 8.70. The minimum absolute atomic E-state index is 0.235. The van der Waals surface area contributed by atoms with E-state index >= 15 is 0 Å². The van der Waals surface area contributed by atoms with Crippen molar-refractivity contribution < 1.29 is 14.2 Å². The van der Waals surface area contributed by atoms with Gasteiger partial charge in [-0.2, -0.15) is 0 Å². The molecular formula is C22H22FN3O2. The van der Waals surface area contributed by atoms with Crippen molar-refractivity contribution in [3.8, 4) is 5.75 Å². The Hall–Kier alpha value is -2.83. The summed E-state index contributed by atoms with van der Waals surface area (Å²) < 4.78 is 19.7. The lowest BCUT2D eigenvalue weighted by atomic mass is 10.0. The third kappa shape index (κ3) is 3.04. The van der Waals surface area contributed by atoms with Crippen molar-refractivity contribution in [1.82, 2.24) is 14.9 Å². The lowest BCUT2D eigenvalue weighted by Gasteiger charge is -2.34. The highest BCUT2D eigenvalue weighted by Crippen LogP contribution is 2.30. The van der Waals surface area contributed by atoms with Gasteiger partial charge in [0.1, 0.15) is 11.6 Å². The van der Waals surface area contributed by atoms with Crippen LogP contribution in [0.4, 0.5) is 4.39 Å². The van der Waals surface area contributed by atoms with Crippen molar-refractivity contribution in [2.75, 3.05) is 13.1 Å². The summed E-state index contributed by atoms with van der Waals surface area (Å²) in [5, 5.41) is 12.9. The fraction of sp³-hybridized carbons (Fsp3) is 0.273. The van der Waals surface area contributed by atoms with Crippen LogP contribution in [0.25, 0.3) is 21.8 Å². The first-order chi connectivity index (χ1) is 13.5. The van der Waals surface area contributed by atoms with Crippen molar-refractivity contribution in [3.05, 3.63) is 65.7 Å². The maximum atomic E-state index is 13.7. The third-order valence-electron chi connectivity index (χ3n) is 5.41. The number of aliphatic hydroxyl groups is 1. The normalized spacial score (nSPS) is 17.0. The molecule has 0 aliphatic carbocycles. The summed E-state index contributed by atoms with van der Waals surface area (Å²) in [7, 11) is 0. The Kier molecular flexibility index (Phi) is 3.92. The Labute approximate surface area is 161 Å². The number of nitrogens with zero attached hydrogens (tertiary/aromatic N) is 1. The van der Waals surface area contributed by atoms with Gasteiger partial charge < -0.3 is 19.8 Å². The number of hydrogen-bond donors (Lipinski definition) is 3. The van der Waals surface area contributed by atoms with Crippen molar-refractivity contribution in [3.63, 3.8) is 0 Å². The lowest BCUT2D eigenvalue weighted by molar-refractivity contribution is -0.138. The number of ether oxygens (including phenoxy) is 1. The molecule has 0 saturated carbocycles. The van der Waals surface area contributed by atoms with E-state index in [2.05, 4.69) is 14.9 Å². The average Bonchev–Trinajstić information content (AvgIpc) is 3.26. The summed E-state index contributed by atoms with van der Waals surface area (Å²) in [6.45, 7) is 3.48. The zero-order valence-corrected chi connectivity index (χ0v) is 15.6. The fourth-order valence-corrected chi connectivity index (χ4v) is 4.20. The van der Waals surface area contributed by atoms with Crippen LogP contribution < -0.4 is 4.74 Å². The average molecular weight is 379 g/mol. The van der Waals surface area contributed by atoms with Gasteiger partial charge in [-0.3, -0.25) is 4.90 Å². The Morgan fingerprint density at radius 1 is 1.25 bits per heavy atom. The number of hydrogen-bond acceptors (Lipinski definition) is 3. The first-order valence-electron chi connectivity index (χ1n) is 9.47. The highest BCUT2D eigenvalue weighted by atomic mass is 19.1. The number of para-hydroxylation sites is 1. The Morgan fingerprint density at radius 2 is 2.14 bits per heavy atom. The fourth-order valence-electron chi connectivity index (χ4n) is 4.20. The Morgan fingerprint density at radius 3 is 3.04 bits per heavy atom. The molecule has 3 N–H and O–H groups in total. The number of aromatic amines is 2. The van der Waals surface area contributed by atoms with Crippen LogP contribution in [0.15, 0.2) is 48.7 Å². The largest absolute Gasteiger partial charge is 0.459 e. The van der Waals surface area contributed by atoms with E-state index in [-0.39, 0.29) is 5.82 Å². The quantitative estimate of drug-likeness (QED) is 0.471. The molecule has 6 heteroatoms. The molecule has 2 aromatic heterocycles. The van der Waals surface area contributed by atoms with Crippen LogP contribution in [-0.2, 0) is 13.0 Å². The van der Waals surface area contributed by atoms with Crippen LogP contribution >= 0.6 is 0 Å². The lowest BCUT2D eigenvalue weighted by Crippen LogP contribution is -2.46. The molecule has 0 radical (unpaired) electrons. The van der Waals surface area contributed by atoms with Crippen LogP contribution in [0.2, 0.25) is 0 Å². The highest BCUT2D eigenvalue weighted by molar-refractivity contribution is 5.85. The van der Waals surface area contributed by atoms with Crippen LogP contribution in [0.1, 0.15) is 18.2 Å². The number of aromatic nitrogens is 2. The van der Waals surface area contributed by atoms with E-state index in [1.807, 2.05) is 30.5 Å². The molecule has 2 aromatic carbocycles. The second-order valence-electron chi connectivity index (χ2n) is 7.71. The molecule has 4 aromatic rings. The molecule has 28 heavy (non-hydrogen) atoms. The van der Waals surface area contributed by atoms with Gasteiger partial charge in [-0.05, 0) is 35.9 Å². The van der Waals surface area contributed by atoms with E-state index in [1.165, 1.54) is 6.07 Å². The van der Waals surface area contributed by atoms with Gasteiger partial charge >= 0.3 is 0 Å². The molecule has 3 heterocycles. The number of rotatable bonds is 4. The van der Waals surface area contributed by atoms with Crippen LogP contribution in [0, 0.1) is 5.82 Å². The highest BCUT2D eigenvalue weighted by Gasteiger charge is 2.30. The number of halogens is 1. The first-order valence-corrected chi connectivity index (χ1v) is 9.47. The molecule has 144 valence electrons. The summed E-state index contributed by atoms with van der Waals surface area (Å²) >= 11 is 0. The molecule has 1 aliphatic heterocycles. The van der Waals surface area contributed by atoms with Crippen molar-refractivity contribution >= 4 is 21.8 Å². The smallest absolute Gasteiger partial charge is 0.218 e. The SMILES string of the molecule is CC(O)(CN1CCc2[nH]c3ccc(F)cc3c2C1)Oc1cccc2cc[nH]c12. The standard InChI is InChI=1S/C22H22FN3O2/c1-22(27,28-20-4-2-3-14-7-9-24-21(14)20)13-26-10-8-19-17(12-26)16-11-15(23)5-6-18(16)25-19/h2-7,9,11,24-25,27H,8,10,12-13H2,1H3. The van der Waals surface area contributed by atoms with Gasteiger partial charge in [0.15, 0.2) is 0 Å². The van der Waals surface area contributed by atoms with Gasteiger partial charge in [0.2, 0.25) is 5.79 Å². The van der Waals surface area contributed by atoms with Gasteiger partial charge in [-0.15, -0.1) is 0 Å². The molecular weight excluding hydrogens is 357 g/mol. The first kappa shape index (κ1) is 17.3. The number of fused-ring (bicyclic) bond motifs is 4. The number of benzene rings is 2. The van der Waals surface area contributed by atoms with Gasteiger partial charge in [-0.25, -0.2) is 4.39 Å². The molecule has 0 amide bonds. The summed E-state index contributed by atoms with van der Waals surface area (Å²) in [5.74, 6) is -0.964.